The normalized spacial score (nSPS) is 22.2. The maximum Gasteiger partial charge on any atom is 0.404 e. The van der Waals surface area contributed by atoms with E-state index in [0.717, 1.165) is 51.8 Å². The molecule has 2 aromatic rings. The van der Waals surface area contributed by atoms with Crippen molar-refractivity contribution in [3.8, 4) is 5.75 Å². The van der Waals surface area contributed by atoms with Crippen molar-refractivity contribution in [3.63, 3.8) is 0 Å². The number of nitrogens with one attached hydrogen (secondary N) is 1. The lowest BCUT2D eigenvalue weighted by Crippen LogP contribution is -2.50. The van der Waals surface area contributed by atoms with Crippen LogP contribution in [0.25, 0.3) is 0 Å². The Balaban J connectivity index is 1.50. The molecule has 0 aliphatic carbocycles. The summed E-state index contributed by atoms with van der Waals surface area (Å²) < 4.78 is 14.4. The number of fused-ring (bicyclic) bond motifs is 1. The second-order valence-electron chi connectivity index (χ2n) is 7.68. The van der Waals surface area contributed by atoms with Crippen LogP contribution in [0.15, 0.2) is 51.4 Å². The summed E-state index contributed by atoms with van der Waals surface area (Å²) in [6, 6.07) is 14.3. The van der Waals surface area contributed by atoms with Crippen LogP contribution < -0.4 is 10.1 Å². The van der Waals surface area contributed by atoms with Crippen LogP contribution in [-0.4, -0.2) is 47.9 Å². The number of halogens is 2. The minimum atomic E-state index is -0.953. The molecule has 0 saturated carbocycles. The number of piperidine rings is 1. The van der Waals surface area contributed by atoms with Gasteiger partial charge in [0.1, 0.15) is 18.5 Å². The van der Waals surface area contributed by atoms with Gasteiger partial charge < -0.3 is 19.9 Å². The van der Waals surface area contributed by atoms with Gasteiger partial charge in [0.15, 0.2) is 0 Å². The van der Waals surface area contributed by atoms with Crippen LogP contribution >= 0.6 is 31.9 Å². The zero-order valence-electron chi connectivity index (χ0n) is 16.4. The molecule has 8 heteroatoms. The van der Waals surface area contributed by atoms with Gasteiger partial charge in [-0.25, -0.2) is 4.79 Å². The minimum Gasteiger partial charge on any atom is -0.490 e. The minimum absolute atomic E-state index is 0.00669. The average Bonchev–Trinajstić information content (AvgIpc) is 2.71. The fraction of sp³-hybridized carbons (Fsp3) is 0.409. The first kappa shape index (κ1) is 21.6. The quantitative estimate of drug-likeness (QED) is 0.561. The molecule has 1 amide bonds. The van der Waals surface area contributed by atoms with E-state index in [0.29, 0.717) is 13.2 Å². The molecule has 160 valence electrons. The Bertz CT molecular complexity index is 882. The predicted molar refractivity (Wildman–Crippen MR) is 121 cm³/mol. The summed E-state index contributed by atoms with van der Waals surface area (Å²) in [6.07, 6.45) is 0.515. The van der Waals surface area contributed by atoms with Gasteiger partial charge in [-0.3, -0.25) is 4.90 Å². The van der Waals surface area contributed by atoms with Gasteiger partial charge in [0.2, 0.25) is 0 Å². The Morgan fingerprint density at radius 3 is 2.57 bits per heavy atom. The van der Waals surface area contributed by atoms with Crippen molar-refractivity contribution in [3.05, 3.63) is 62.5 Å². The zero-order valence-corrected chi connectivity index (χ0v) is 19.6. The van der Waals surface area contributed by atoms with E-state index in [1.165, 1.54) is 0 Å². The third-order valence-electron chi connectivity index (χ3n) is 5.63. The van der Waals surface area contributed by atoms with Crippen LogP contribution in [0.2, 0.25) is 0 Å². The van der Waals surface area contributed by atoms with E-state index in [9.17, 15) is 4.79 Å². The van der Waals surface area contributed by atoms with Crippen molar-refractivity contribution in [2.24, 2.45) is 0 Å². The highest BCUT2D eigenvalue weighted by Crippen LogP contribution is 2.39. The first-order valence-corrected chi connectivity index (χ1v) is 11.6. The van der Waals surface area contributed by atoms with E-state index >= 15 is 0 Å². The summed E-state index contributed by atoms with van der Waals surface area (Å²) in [4.78, 5) is 13.4. The number of hydrogen-bond donors (Lipinski definition) is 2. The van der Waals surface area contributed by atoms with E-state index in [1.807, 2.05) is 24.3 Å². The molecule has 2 N–H and O–H groups in total. The maximum atomic E-state index is 11.0. The first-order valence-electron chi connectivity index (χ1n) is 10.0. The number of amides is 1. The van der Waals surface area contributed by atoms with Crippen molar-refractivity contribution in [1.29, 1.82) is 0 Å². The highest BCUT2D eigenvalue weighted by atomic mass is 79.9. The summed E-state index contributed by atoms with van der Waals surface area (Å²) >= 11 is 7.06. The van der Waals surface area contributed by atoms with Gasteiger partial charge in [0.05, 0.1) is 12.6 Å². The Labute approximate surface area is 192 Å². The Morgan fingerprint density at radius 2 is 1.87 bits per heavy atom. The smallest absolute Gasteiger partial charge is 0.404 e. The first-order chi connectivity index (χ1) is 14.5. The SMILES string of the molecule is O=C(O)NC1CCN(C2c3ccccc3OCC2OCc2cc(Br)cc(Br)c2)CC1. The van der Waals surface area contributed by atoms with Gasteiger partial charge in [-0.15, -0.1) is 0 Å². The number of nitrogens with zero attached hydrogens (tertiary/aromatic N) is 1. The molecule has 2 aromatic carbocycles. The summed E-state index contributed by atoms with van der Waals surface area (Å²) in [7, 11) is 0. The Kier molecular flexibility index (Phi) is 6.98. The van der Waals surface area contributed by atoms with E-state index in [4.69, 9.17) is 14.6 Å². The molecule has 1 fully saturated rings. The lowest BCUT2D eigenvalue weighted by Gasteiger charge is -2.43. The molecule has 4 rings (SSSR count). The van der Waals surface area contributed by atoms with Crippen molar-refractivity contribution >= 4 is 38.0 Å². The summed E-state index contributed by atoms with van der Waals surface area (Å²) in [5.74, 6) is 0.901. The molecule has 0 bridgehead atoms. The van der Waals surface area contributed by atoms with Crippen LogP contribution in [0.5, 0.6) is 5.75 Å². The number of para-hydroxylation sites is 1. The highest BCUT2D eigenvalue weighted by Gasteiger charge is 2.37. The number of benzene rings is 2. The fourth-order valence-corrected chi connectivity index (χ4v) is 5.67. The lowest BCUT2D eigenvalue weighted by atomic mass is 9.93. The zero-order chi connectivity index (χ0) is 21.1. The van der Waals surface area contributed by atoms with Gasteiger partial charge in [0, 0.05) is 33.6 Å². The van der Waals surface area contributed by atoms with Crippen LogP contribution in [0.4, 0.5) is 4.79 Å². The van der Waals surface area contributed by atoms with E-state index < -0.39 is 6.09 Å². The van der Waals surface area contributed by atoms with Crippen molar-refractivity contribution in [2.75, 3.05) is 19.7 Å². The molecule has 0 aromatic heterocycles. The van der Waals surface area contributed by atoms with Crippen molar-refractivity contribution in [2.45, 2.75) is 37.6 Å². The molecule has 2 aliphatic rings. The number of rotatable bonds is 5. The Hall–Kier alpha value is -1.61. The number of likely N-dealkylation sites (tertiary alicyclic amines) is 1. The molecule has 6 nitrogen and oxygen atoms in total. The van der Waals surface area contributed by atoms with Gasteiger partial charge in [-0.2, -0.15) is 0 Å². The molecule has 1 saturated heterocycles. The molecule has 2 atom stereocenters. The summed E-state index contributed by atoms with van der Waals surface area (Å²) in [5, 5.41) is 11.6. The molecule has 0 spiro atoms. The average molecular weight is 540 g/mol. The second kappa shape index (κ2) is 9.68. The van der Waals surface area contributed by atoms with Gasteiger partial charge >= 0.3 is 6.09 Å². The molecule has 30 heavy (non-hydrogen) atoms. The largest absolute Gasteiger partial charge is 0.490 e. The highest BCUT2D eigenvalue weighted by molar-refractivity contribution is 9.11. The van der Waals surface area contributed by atoms with Gasteiger partial charge in [-0.1, -0.05) is 50.1 Å². The molecule has 2 unspecified atom stereocenters. The van der Waals surface area contributed by atoms with Crippen molar-refractivity contribution in [1.82, 2.24) is 10.2 Å². The summed E-state index contributed by atoms with van der Waals surface area (Å²) in [5.41, 5.74) is 2.21. The van der Waals surface area contributed by atoms with Gasteiger partial charge in [0.25, 0.3) is 0 Å². The van der Waals surface area contributed by atoms with Crippen LogP contribution in [0.1, 0.15) is 30.0 Å². The molecule has 0 radical (unpaired) electrons. The third-order valence-corrected chi connectivity index (χ3v) is 6.55. The Morgan fingerprint density at radius 1 is 1.17 bits per heavy atom. The molecule has 2 aliphatic heterocycles. The van der Waals surface area contributed by atoms with Crippen LogP contribution in [0.3, 0.4) is 0 Å². The number of ether oxygens (including phenoxy) is 2. The number of hydrogen-bond acceptors (Lipinski definition) is 4. The molecular weight excluding hydrogens is 516 g/mol. The van der Waals surface area contributed by atoms with Crippen molar-refractivity contribution < 1.29 is 19.4 Å². The monoisotopic (exact) mass is 538 g/mol. The molecular formula is C22H24Br2N2O4. The third kappa shape index (κ3) is 5.17. The van der Waals surface area contributed by atoms with E-state index in [2.05, 4.69) is 60.3 Å². The summed E-state index contributed by atoms with van der Waals surface area (Å²) in [6.45, 7) is 2.60. The lowest BCUT2D eigenvalue weighted by molar-refractivity contribution is -0.0645. The standard InChI is InChI=1S/C22H24Br2N2O4/c23-15-9-14(10-16(24)11-15)12-29-20-13-30-19-4-2-1-3-18(19)21(20)26-7-5-17(6-8-26)25-22(27)28/h1-4,9-11,17,20-21,25H,5-8,12-13H2,(H,27,28). The van der Waals surface area contributed by atoms with Gasteiger partial charge in [-0.05, 0) is 42.7 Å². The number of carbonyl (C=O) groups is 1. The second-order valence-corrected chi connectivity index (χ2v) is 9.51. The van der Waals surface area contributed by atoms with Crippen LogP contribution in [-0.2, 0) is 11.3 Å². The van der Waals surface area contributed by atoms with E-state index in [-0.39, 0.29) is 18.2 Å². The fourth-order valence-electron chi connectivity index (χ4n) is 4.28. The van der Waals surface area contributed by atoms with Crippen LogP contribution in [0, 0.1) is 0 Å². The van der Waals surface area contributed by atoms with E-state index in [1.54, 1.807) is 0 Å². The number of carboxylic acid groups (broad SMARTS) is 1. The molecule has 2 heterocycles. The topological polar surface area (TPSA) is 71.0 Å². The maximum absolute atomic E-state index is 11.0. The predicted octanol–water partition coefficient (Wildman–Crippen LogP) is 4.96.